The van der Waals surface area contributed by atoms with Gasteiger partial charge in [-0.3, -0.25) is 9.59 Å². The van der Waals surface area contributed by atoms with E-state index in [1.165, 1.54) is 17.0 Å². The van der Waals surface area contributed by atoms with Crippen LogP contribution in [0.5, 0.6) is 0 Å². The first-order chi connectivity index (χ1) is 13.4. The zero-order valence-electron chi connectivity index (χ0n) is 15.6. The molecule has 1 fully saturated rings. The number of hydrogen-bond donors (Lipinski definition) is 1. The van der Waals surface area contributed by atoms with Gasteiger partial charge in [0.15, 0.2) is 5.58 Å². The first kappa shape index (κ1) is 18.2. The van der Waals surface area contributed by atoms with Crippen LogP contribution in [-0.2, 0) is 9.59 Å². The number of nitrogens with zero attached hydrogens (tertiary/aromatic N) is 2. The third kappa shape index (κ3) is 3.24. The van der Waals surface area contributed by atoms with Gasteiger partial charge in [0.1, 0.15) is 17.4 Å². The van der Waals surface area contributed by atoms with E-state index in [9.17, 15) is 14.0 Å². The summed E-state index contributed by atoms with van der Waals surface area (Å²) >= 11 is 0. The topological polar surface area (TPSA) is 75.4 Å². The number of rotatable bonds is 4. The normalized spacial score (nSPS) is 20.5. The maximum Gasteiger partial charge on any atom is 0.226 e. The maximum absolute atomic E-state index is 13.7. The van der Waals surface area contributed by atoms with Gasteiger partial charge in [0.25, 0.3) is 0 Å². The lowest BCUT2D eigenvalue weighted by Crippen LogP contribution is -2.36. The summed E-state index contributed by atoms with van der Waals surface area (Å²) in [4.78, 5) is 31.1. The van der Waals surface area contributed by atoms with Crippen LogP contribution in [0.1, 0.15) is 36.9 Å². The van der Waals surface area contributed by atoms with Crippen molar-refractivity contribution in [3.8, 4) is 0 Å². The summed E-state index contributed by atoms with van der Waals surface area (Å²) in [6.07, 6.45) is 0.0732. The molecule has 0 bridgehead atoms. The molecule has 2 heterocycles. The molecule has 3 atom stereocenters. The number of carbonyl (C=O) groups excluding carboxylic acids is 2. The number of benzene rings is 2. The van der Waals surface area contributed by atoms with Gasteiger partial charge < -0.3 is 14.6 Å². The van der Waals surface area contributed by atoms with E-state index in [0.717, 1.165) is 0 Å². The van der Waals surface area contributed by atoms with Crippen molar-refractivity contribution in [1.29, 1.82) is 0 Å². The number of oxazole rings is 1. The number of fused-ring (bicyclic) bond motifs is 1. The Balaban J connectivity index is 1.56. The van der Waals surface area contributed by atoms with Crippen LogP contribution in [0.25, 0.3) is 11.1 Å². The number of para-hydroxylation sites is 2. The summed E-state index contributed by atoms with van der Waals surface area (Å²) in [5.74, 6) is -1.06. The zero-order valence-corrected chi connectivity index (χ0v) is 15.6. The molecule has 2 aromatic carbocycles. The van der Waals surface area contributed by atoms with E-state index in [0.29, 0.717) is 22.6 Å². The van der Waals surface area contributed by atoms with Crippen molar-refractivity contribution in [3.05, 3.63) is 65.8 Å². The Bertz CT molecular complexity index is 1020. The lowest BCUT2D eigenvalue weighted by Gasteiger charge is -2.25. The largest absolute Gasteiger partial charge is 0.438 e. The molecule has 0 spiro atoms. The minimum atomic E-state index is -0.619. The van der Waals surface area contributed by atoms with Crippen molar-refractivity contribution >= 4 is 22.9 Å². The van der Waals surface area contributed by atoms with Crippen molar-refractivity contribution in [2.24, 2.45) is 5.92 Å². The van der Waals surface area contributed by atoms with Crippen molar-refractivity contribution in [2.75, 3.05) is 7.05 Å². The number of likely N-dealkylation sites (tertiary alicyclic amines) is 1. The van der Waals surface area contributed by atoms with Crippen molar-refractivity contribution in [2.45, 2.75) is 25.4 Å². The highest BCUT2D eigenvalue weighted by Gasteiger charge is 2.43. The highest BCUT2D eigenvalue weighted by atomic mass is 19.1. The third-order valence-corrected chi connectivity index (χ3v) is 5.15. The molecule has 7 heteroatoms. The van der Waals surface area contributed by atoms with Crippen LogP contribution in [0.2, 0.25) is 0 Å². The second kappa shape index (κ2) is 7.07. The smallest absolute Gasteiger partial charge is 0.226 e. The van der Waals surface area contributed by atoms with Crippen LogP contribution >= 0.6 is 0 Å². The van der Waals surface area contributed by atoms with Gasteiger partial charge in [0.2, 0.25) is 17.7 Å². The lowest BCUT2D eigenvalue weighted by atomic mass is 9.92. The maximum atomic E-state index is 13.7. The van der Waals surface area contributed by atoms with Gasteiger partial charge in [-0.25, -0.2) is 9.37 Å². The van der Waals surface area contributed by atoms with Crippen LogP contribution in [-0.4, -0.2) is 28.7 Å². The van der Waals surface area contributed by atoms with Crippen molar-refractivity contribution < 1.29 is 18.4 Å². The second-order valence-electron chi connectivity index (χ2n) is 7.07. The molecule has 0 saturated carbocycles. The third-order valence-electron chi connectivity index (χ3n) is 5.15. The average Bonchev–Trinajstić information content (AvgIpc) is 3.23. The summed E-state index contributed by atoms with van der Waals surface area (Å²) in [7, 11) is 1.63. The summed E-state index contributed by atoms with van der Waals surface area (Å²) in [5.41, 5.74) is 1.96. The number of aromatic nitrogens is 1. The van der Waals surface area contributed by atoms with Crippen LogP contribution in [0.3, 0.4) is 0 Å². The summed E-state index contributed by atoms with van der Waals surface area (Å²) in [5, 5.41) is 2.89. The van der Waals surface area contributed by atoms with Crippen LogP contribution < -0.4 is 5.32 Å². The second-order valence-corrected chi connectivity index (χ2v) is 7.07. The Kier molecular flexibility index (Phi) is 4.58. The number of carbonyl (C=O) groups is 2. The van der Waals surface area contributed by atoms with Crippen LogP contribution in [0, 0.1) is 11.7 Å². The SMILES string of the molecule is CC(NC(=O)C1CC(=O)N(C)C1c1cccc(F)c1)c1nc2ccccc2o1. The Morgan fingerprint density at radius 1 is 1.29 bits per heavy atom. The first-order valence-corrected chi connectivity index (χ1v) is 9.11. The van der Waals surface area contributed by atoms with E-state index in [1.807, 2.05) is 24.3 Å². The molecule has 6 nitrogen and oxygen atoms in total. The Morgan fingerprint density at radius 3 is 2.82 bits per heavy atom. The molecule has 1 aliphatic rings. The molecule has 1 aliphatic heterocycles. The van der Waals surface area contributed by atoms with E-state index in [2.05, 4.69) is 10.3 Å². The van der Waals surface area contributed by atoms with E-state index >= 15 is 0 Å². The molecule has 0 aliphatic carbocycles. The minimum absolute atomic E-state index is 0.0732. The molecule has 3 aromatic rings. The molecule has 1 N–H and O–H groups in total. The quantitative estimate of drug-likeness (QED) is 0.752. The van der Waals surface area contributed by atoms with Gasteiger partial charge in [-0.05, 0) is 36.8 Å². The van der Waals surface area contributed by atoms with Crippen molar-refractivity contribution in [3.63, 3.8) is 0 Å². The molecular formula is C21H20FN3O3. The lowest BCUT2D eigenvalue weighted by molar-refractivity contribution is -0.128. The summed E-state index contributed by atoms with van der Waals surface area (Å²) in [6, 6.07) is 12.4. The predicted molar refractivity (Wildman–Crippen MR) is 101 cm³/mol. The highest BCUT2D eigenvalue weighted by molar-refractivity contribution is 5.90. The van der Waals surface area contributed by atoms with E-state index in [4.69, 9.17) is 4.42 Å². The minimum Gasteiger partial charge on any atom is -0.438 e. The van der Waals surface area contributed by atoms with Gasteiger partial charge in [-0.2, -0.15) is 0 Å². The number of hydrogen-bond acceptors (Lipinski definition) is 4. The van der Waals surface area contributed by atoms with Crippen LogP contribution in [0.4, 0.5) is 4.39 Å². The van der Waals surface area contributed by atoms with Gasteiger partial charge in [0, 0.05) is 13.5 Å². The molecule has 4 rings (SSSR count). The van der Waals surface area contributed by atoms with Gasteiger partial charge in [-0.15, -0.1) is 0 Å². The fraction of sp³-hybridized carbons (Fsp3) is 0.286. The number of amides is 2. The van der Waals surface area contributed by atoms with Crippen molar-refractivity contribution in [1.82, 2.24) is 15.2 Å². The molecular weight excluding hydrogens is 361 g/mol. The molecule has 0 radical (unpaired) electrons. The fourth-order valence-corrected chi connectivity index (χ4v) is 3.71. The fourth-order valence-electron chi connectivity index (χ4n) is 3.71. The van der Waals surface area contributed by atoms with E-state index in [1.54, 1.807) is 26.1 Å². The molecule has 144 valence electrons. The molecule has 1 saturated heterocycles. The van der Waals surface area contributed by atoms with E-state index < -0.39 is 23.8 Å². The molecule has 2 amide bonds. The van der Waals surface area contributed by atoms with Gasteiger partial charge in [-0.1, -0.05) is 24.3 Å². The molecule has 1 aromatic heterocycles. The average molecular weight is 381 g/mol. The Labute approximate surface area is 161 Å². The van der Waals surface area contributed by atoms with Gasteiger partial charge in [0.05, 0.1) is 12.0 Å². The van der Waals surface area contributed by atoms with Gasteiger partial charge >= 0.3 is 0 Å². The number of halogens is 1. The Morgan fingerprint density at radius 2 is 2.07 bits per heavy atom. The summed E-state index contributed by atoms with van der Waals surface area (Å²) in [6.45, 7) is 1.78. The van der Waals surface area contributed by atoms with Crippen LogP contribution in [0.15, 0.2) is 52.9 Å². The summed E-state index contributed by atoms with van der Waals surface area (Å²) < 4.78 is 19.4. The standard InChI is InChI=1S/C21H20FN3O3/c1-12(21-24-16-8-3-4-9-17(16)28-21)23-20(27)15-11-18(26)25(2)19(15)13-6-5-7-14(22)10-13/h3-10,12,15,19H,11H2,1-2H3,(H,23,27). The Hall–Kier alpha value is -3.22. The predicted octanol–water partition coefficient (Wildman–Crippen LogP) is 3.36. The monoisotopic (exact) mass is 381 g/mol. The number of nitrogens with one attached hydrogen (secondary N) is 1. The zero-order chi connectivity index (χ0) is 19.8. The first-order valence-electron chi connectivity index (χ1n) is 9.11. The molecule has 3 unspecified atom stereocenters. The highest BCUT2D eigenvalue weighted by Crippen LogP contribution is 2.37. The molecule has 28 heavy (non-hydrogen) atoms. The van der Waals surface area contributed by atoms with E-state index in [-0.39, 0.29) is 18.2 Å².